The summed E-state index contributed by atoms with van der Waals surface area (Å²) < 4.78 is 0.810. The Morgan fingerprint density at radius 3 is 2.53 bits per heavy atom. The number of hydrogen-bond acceptors (Lipinski definition) is 1. The first kappa shape index (κ1) is 12.0. The van der Waals surface area contributed by atoms with E-state index in [-0.39, 0.29) is 6.61 Å². The second-order valence-corrected chi connectivity index (χ2v) is 4.18. The van der Waals surface area contributed by atoms with Crippen LogP contribution in [-0.4, -0.2) is 36.3 Å². The molecule has 2 nitrogen and oxygen atoms in total. The lowest BCUT2D eigenvalue weighted by Gasteiger charge is -2.33. The summed E-state index contributed by atoms with van der Waals surface area (Å²) in [5.74, 6) is 0. The highest BCUT2D eigenvalue weighted by molar-refractivity contribution is 5.13. The van der Waals surface area contributed by atoms with Crippen LogP contribution in [0.25, 0.3) is 0 Å². The Kier molecular flexibility index (Phi) is 4.53. The molecule has 0 fully saturated rings. The van der Waals surface area contributed by atoms with E-state index in [4.69, 9.17) is 5.11 Å². The Labute approximate surface area is 92.1 Å². The Hall–Kier alpha value is -1.12. The Morgan fingerprint density at radius 1 is 1.33 bits per heavy atom. The first-order valence-corrected chi connectivity index (χ1v) is 5.29. The van der Waals surface area contributed by atoms with Gasteiger partial charge in [0.05, 0.1) is 20.2 Å². The van der Waals surface area contributed by atoms with Crippen molar-refractivity contribution in [1.29, 1.82) is 0 Å². The highest BCUT2D eigenvalue weighted by Gasteiger charge is 2.19. The molecule has 1 atom stereocenters. The molecule has 0 spiro atoms. The zero-order chi connectivity index (χ0) is 11.1. The molecule has 1 aromatic carbocycles. The fourth-order valence-corrected chi connectivity index (χ4v) is 1.81. The highest BCUT2D eigenvalue weighted by atomic mass is 16.3. The predicted octanol–water partition coefficient (Wildman–Crippen LogP) is 1.81. The number of aliphatic hydroxyl groups excluding tert-OH is 1. The molecule has 1 N–H and O–H groups in total. The fourth-order valence-electron chi connectivity index (χ4n) is 1.81. The van der Waals surface area contributed by atoms with Gasteiger partial charge in [-0.25, -0.2) is 0 Å². The van der Waals surface area contributed by atoms with E-state index >= 15 is 0 Å². The first-order chi connectivity index (χ1) is 7.20. The fraction of sp³-hybridized carbons (Fsp3) is 0.385. The van der Waals surface area contributed by atoms with Gasteiger partial charge in [0.25, 0.3) is 0 Å². The van der Waals surface area contributed by atoms with Gasteiger partial charge < -0.3 is 9.59 Å². The van der Waals surface area contributed by atoms with E-state index in [1.54, 1.807) is 0 Å². The molecule has 0 aliphatic heterocycles. The Bertz CT molecular complexity index is 297. The summed E-state index contributed by atoms with van der Waals surface area (Å²) in [6.07, 6.45) is 1.92. The summed E-state index contributed by atoms with van der Waals surface area (Å²) in [6.45, 7) is 6.58. The van der Waals surface area contributed by atoms with Gasteiger partial charge in [0.15, 0.2) is 0 Å². The molecule has 0 amide bonds. The SMILES string of the molecule is C=CC[N+](C)(CCO)Cc1ccccc1. The predicted molar refractivity (Wildman–Crippen MR) is 63.3 cm³/mol. The van der Waals surface area contributed by atoms with Crippen LogP contribution in [0.2, 0.25) is 0 Å². The third-order valence-corrected chi connectivity index (χ3v) is 2.62. The number of likely N-dealkylation sites (N-methyl/N-ethyl adjacent to an activating group) is 1. The van der Waals surface area contributed by atoms with E-state index in [1.165, 1.54) is 5.56 Å². The van der Waals surface area contributed by atoms with Gasteiger partial charge in [-0.2, -0.15) is 0 Å². The standard InChI is InChI=1S/C13H20NO/c1-3-9-14(2,10-11-15)12-13-7-5-4-6-8-13/h3-8,15H,1,9-12H2,2H3/q+1. The molecular weight excluding hydrogens is 186 g/mol. The highest BCUT2D eigenvalue weighted by Crippen LogP contribution is 2.11. The summed E-state index contributed by atoms with van der Waals surface area (Å²) in [4.78, 5) is 0. The van der Waals surface area contributed by atoms with Crippen LogP contribution in [0.5, 0.6) is 0 Å². The van der Waals surface area contributed by atoms with E-state index < -0.39 is 0 Å². The Morgan fingerprint density at radius 2 is 2.00 bits per heavy atom. The van der Waals surface area contributed by atoms with Crippen LogP contribution in [0.15, 0.2) is 43.0 Å². The van der Waals surface area contributed by atoms with Crippen LogP contribution >= 0.6 is 0 Å². The molecule has 82 valence electrons. The molecule has 1 aromatic rings. The van der Waals surface area contributed by atoms with Gasteiger partial charge >= 0.3 is 0 Å². The third kappa shape index (κ3) is 3.86. The number of hydrogen-bond donors (Lipinski definition) is 1. The van der Waals surface area contributed by atoms with Crippen molar-refractivity contribution in [3.05, 3.63) is 48.6 Å². The van der Waals surface area contributed by atoms with Crippen LogP contribution in [0.1, 0.15) is 5.56 Å². The van der Waals surface area contributed by atoms with Crippen molar-refractivity contribution in [2.24, 2.45) is 0 Å². The topological polar surface area (TPSA) is 20.2 Å². The van der Waals surface area contributed by atoms with Gasteiger partial charge in [0.1, 0.15) is 13.1 Å². The maximum absolute atomic E-state index is 9.06. The minimum Gasteiger partial charge on any atom is -0.391 e. The molecule has 0 aromatic heterocycles. The zero-order valence-corrected chi connectivity index (χ0v) is 9.39. The second-order valence-electron chi connectivity index (χ2n) is 4.18. The molecule has 0 radical (unpaired) electrons. The first-order valence-electron chi connectivity index (χ1n) is 5.29. The van der Waals surface area contributed by atoms with Crippen LogP contribution in [0.4, 0.5) is 0 Å². The maximum atomic E-state index is 9.06. The van der Waals surface area contributed by atoms with Crippen LogP contribution in [0.3, 0.4) is 0 Å². The number of rotatable bonds is 6. The van der Waals surface area contributed by atoms with Crippen LogP contribution in [0, 0.1) is 0 Å². The monoisotopic (exact) mass is 206 g/mol. The van der Waals surface area contributed by atoms with Crippen molar-refractivity contribution >= 4 is 0 Å². The summed E-state index contributed by atoms with van der Waals surface area (Å²) in [5, 5.41) is 9.06. The number of nitrogens with zero attached hydrogens (tertiary/aromatic N) is 1. The summed E-state index contributed by atoms with van der Waals surface area (Å²) in [7, 11) is 2.14. The number of quaternary nitrogens is 1. The minimum absolute atomic E-state index is 0.219. The van der Waals surface area contributed by atoms with Gasteiger partial charge in [-0.3, -0.25) is 0 Å². The van der Waals surface area contributed by atoms with Crippen molar-refractivity contribution in [1.82, 2.24) is 0 Å². The molecular formula is C13H20NO+. The molecule has 0 saturated carbocycles. The molecule has 0 saturated heterocycles. The van der Waals surface area contributed by atoms with Crippen LogP contribution in [-0.2, 0) is 6.54 Å². The van der Waals surface area contributed by atoms with E-state index in [0.29, 0.717) is 0 Å². The van der Waals surface area contributed by atoms with Gasteiger partial charge in [0, 0.05) is 5.56 Å². The Balaban J connectivity index is 2.70. The number of benzene rings is 1. The normalized spacial score (nSPS) is 14.5. The quantitative estimate of drug-likeness (QED) is 0.556. The molecule has 15 heavy (non-hydrogen) atoms. The van der Waals surface area contributed by atoms with Gasteiger partial charge in [-0.05, 0) is 6.08 Å². The lowest BCUT2D eigenvalue weighted by molar-refractivity contribution is -0.917. The van der Waals surface area contributed by atoms with Crippen molar-refractivity contribution in [2.75, 3.05) is 26.7 Å². The molecule has 1 rings (SSSR count). The van der Waals surface area contributed by atoms with E-state index in [1.807, 2.05) is 24.3 Å². The molecule has 1 unspecified atom stereocenters. The van der Waals surface area contributed by atoms with Crippen molar-refractivity contribution < 1.29 is 9.59 Å². The molecule has 0 bridgehead atoms. The molecule has 0 heterocycles. The lowest BCUT2D eigenvalue weighted by atomic mass is 10.2. The summed E-state index contributed by atoms with van der Waals surface area (Å²) >= 11 is 0. The van der Waals surface area contributed by atoms with E-state index in [9.17, 15) is 0 Å². The summed E-state index contributed by atoms with van der Waals surface area (Å²) in [6, 6.07) is 10.4. The summed E-state index contributed by atoms with van der Waals surface area (Å²) in [5.41, 5.74) is 1.30. The largest absolute Gasteiger partial charge is 0.391 e. The maximum Gasteiger partial charge on any atom is 0.104 e. The van der Waals surface area contributed by atoms with Crippen LogP contribution < -0.4 is 0 Å². The van der Waals surface area contributed by atoms with Crippen molar-refractivity contribution in [2.45, 2.75) is 6.54 Å². The van der Waals surface area contributed by atoms with Gasteiger partial charge in [-0.15, -0.1) is 0 Å². The van der Waals surface area contributed by atoms with E-state index in [0.717, 1.165) is 24.1 Å². The van der Waals surface area contributed by atoms with Crippen molar-refractivity contribution in [3.8, 4) is 0 Å². The third-order valence-electron chi connectivity index (χ3n) is 2.62. The lowest BCUT2D eigenvalue weighted by Crippen LogP contribution is -2.45. The van der Waals surface area contributed by atoms with Crippen molar-refractivity contribution in [3.63, 3.8) is 0 Å². The van der Waals surface area contributed by atoms with Gasteiger partial charge in [0.2, 0.25) is 0 Å². The average Bonchev–Trinajstić information content (AvgIpc) is 2.19. The molecule has 0 aliphatic carbocycles. The smallest absolute Gasteiger partial charge is 0.104 e. The average molecular weight is 206 g/mol. The van der Waals surface area contributed by atoms with E-state index in [2.05, 4.69) is 25.8 Å². The molecule has 2 heteroatoms. The molecule has 0 aliphatic rings. The second kappa shape index (κ2) is 5.69. The van der Waals surface area contributed by atoms with Gasteiger partial charge in [-0.1, -0.05) is 36.9 Å². The minimum atomic E-state index is 0.219. The zero-order valence-electron chi connectivity index (χ0n) is 9.39. The number of aliphatic hydroxyl groups is 1.